The van der Waals surface area contributed by atoms with Gasteiger partial charge in [-0.1, -0.05) is 18.2 Å². The number of aromatic nitrogens is 1. The molecule has 0 aliphatic carbocycles. The molecule has 3 aromatic rings. The summed E-state index contributed by atoms with van der Waals surface area (Å²) in [6.07, 6.45) is 1.56. The molecule has 3 rings (SSSR count). The standard InChI is InChI=1S/C17H17N3O3/c1-11(15-9-12-5-3-4-6-14(12)23-15)18-17(22)19-13-7-8-16(21)20(2)10-13/h3-11H,1-2H3,(H2,18,19,22)/t11-/m1/s1. The SMILES string of the molecule is C[C@@H](NC(=O)Nc1ccc(=O)n(C)c1)c1cc2ccccc2o1. The van der Waals surface area contributed by atoms with Crippen molar-refractivity contribution in [3.63, 3.8) is 0 Å². The Morgan fingerprint density at radius 2 is 2.00 bits per heavy atom. The minimum Gasteiger partial charge on any atom is -0.459 e. The number of anilines is 1. The Kier molecular flexibility index (Phi) is 3.89. The van der Waals surface area contributed by atoms with E-state index in [9.17, 15) is 9.59 Å². The van der Waals surface area contributed by atoms with Crippen LogP contribution in [0, 0.1) is 0 Å². The Hall–Kier alpha value is -3.02. The van der Waals surface area contributed by atoms with Gasteiger partial charge in [0, 0.05) is 24.7 Å². The van der Waals surface area contributed by atoms with E-state index in [1.165, 1.54) is 10.6 Å². The summed E-state index contributed by atoms with van der Waals surface area (Å²) in [6.45, 7) is 1.85. The highest BCUT2D eigenvalue weighted by Crippen LogP contribution is 2.23. The normalized spacial score (nSPS) is 12.1. The van der Waals surface area contributed by atoms with Gasteiger partial charge in [0.1, 0.15) is 11.3 Å². The topological polar surface area (TPSA) is 76.3 Å². The van der Waals surface area contributed by atoms with Crippen LogP contribution in [0.2, 0.25) is 0 Å². The number of nitrogens with one attached hydrogen (secondary N) is 2. The molecule has 0 saturated carbocycles. The molecular formula is C17H17N3O3. The summed E-state index contributed by atoms with van der Waals surface area (Å²) < 4.78 is 7.13. The van der Waals surface area contributed by atoms with Crippen molar-refractivity contribution >= 4 is 22.7 Å². The fourth-order valence-electron chi connectivity index (χ4n) is 2.32. The molecule has 0 spiro atoms. The maximum atomic E-state index is 12.1. The van der Waals surface area contributed by atoms with Gasteiger partial charge in [-0.05, 0) is 25.1 Å². The number of hydrogen-bond donors (Lipinski definition) is 2. The van der Waals surface area contributed by atoms with Crippen molar-refractivity contribution in [1.29, 1.82) is 0 Å². The van der Waals surface area contributed by atoms with E-state index in [-0.39, 0.29) is 17.6 Å². The lowest BCUT2D eigenvalue weighted by Gasteiger charge is -2.12. The van der Waals surface area contributed by atoms with Gasteiger partial charge in [-0.25, -0.2) is 4.79 Å². The number of aryl methyl sites for hydroxylation is 1. The summed E-state index contributed by atoms with van der Waals surface area (Å²) in [5.41, 5.74) is 1.20. The molecule has 0 aliphatic rings. The molecule has 0 aliphatic heterocycles. The number of hydrogen-bond acceptors (Lipinski definition) is 3. The van der Waals surface area contributed by atoms with Crippen molar-refractivity contribution in [1.82, 2.24) is 9.88 Å². The molecule has 2 aromatic heterocycles. The zero-order chi connectivity index (χ0) is 16.4. The molecule has 1 aromatic carbocycles. The first-order valence-electron chi connectivity index (χ1n) is 7.25. The maximum absolute atomic E-state index is 12.1. The smallest absolute Gasteiger partial charge is 0.319 e. The first-order valence-corrected chi connectivity index (χ1v) is 7.25. The zero-order valence-corrected chi connectivity index (χ0v) is 12.9. The van der Waals surface area contributed by atoms with Crippen LogP contribution in [0.4, 0.5) is 10.5 Å². The average molecular weight is 311 g/mol. The van der Waals surface area contributed by atoms with Crippen LogP contribution in [0.3, 0.4) is 0 Å². The van der Waals surface area contributed by atoms with Crippen molar-refractivity contribution in [2.75, 3.05) is 5.32 Å². The van der Waals surface area contributed by atoms with Gasteiger partial charge in [0.25, 0.3) is 0 Å². The molecule has 0 unspecified atom stereocenters. The number of pyridine rings is 1. The molecule has 2 amide bonds. The van der Waals surface area contributed by atoms with Crippen molar-refractivity contribution in [3.05, 3.63) is 64.8 Å². The van der Waals surface area contributed by atoms with Gasteiger partial charge in [0.2, 0.25) is 5.56 Å². The van der Waals surface area contributed by atoms with Crippen LogP contribution in [0.1, 0.15) is 18.7 Å². The molecule has 0 fully saturated rings. The molecule has 0 saturated heterocycles. The van der Waals surface area contributed by atoms with Crippen LogP contribution >= 0.6 is 0 Å². The van der Waals surface area contributed by atoms with E-state index >= 15 is 0 Å². The third-order valence-electron chi connectivity index (χ3n) is 3.56. The van der Waals surface area contributed by atoms with Crippen molar-refractivity contribution in [3.8, 4) is 0 Å². The lowest BCUT2D eigenvalue weighted by Crippen LogP contribution is -2.31. The predicted molar refractivity (Wildman–Crippen MR) is 88.5 cm³/mol. The maximum Gasteiger partial charge on any atom is 0.319 e. The van der Waals surface area contributed by atoms with Crippen molar-refractivity contribution < 1.29 is 9.21 Å². The van der Waals surface area contributed by atoms with Gasteiger partial charge in [-0.3, -0.25) is 4.79 Å². The molecule has 2 heterocycles. The third kappa shape index (κ3) is 3.26. The van der Waals surface area contributed by atoms with E-state index in [0.717, 1.165) is 11.0 Å². The van der Waals surface area contributed by atoms with Crippen LogP contribution in [0.15, 0.2) is 57.9 Å². The van der Waals surface area contributed by atoms with Crippen LogP contribution in [-0.4, -0.2) is 10.6 Å². The van der Waals surface area contributed by atoms with Gasteiger partial charge in [0.15, 0.2) is 0 Å². The monoisotopic (exact) mass is 311 g/mol. The summed E-state index contributed by atoms with van der Waals surface area (Å²) in [5, 5.41) is 6.50. The van der Waals surface area contributed by atoms with Gasteiger partial charge in [0.05, 0.1) is 11.7 Å². The predicted octanol–water partition coefficient (Wildman–Crippen LogP) is 3.01. The lowest BCUT2D eigenvalue weighted by atomic mass is 10.2. The highest BCUT2D eigenvalue weighted by molar-refractivity contribution is 5.89. The average Bonchev–Trinajstić information content (AvgIpc) is 2.95. The molecule has 2 N–H and O–H groups in total. The second-order valence-electron chi connectivity index (χ2n) is 5.37. The lowest BCUT2D eigenvalue weighted by molar-refractivity contribution is 0.248. The number of carbonyl (C=O) groups excluding carboxylic acids is 1. The van der Waals surface area contributed by atoms with Crippen molar-refractivity contribution in [2.45, 2.75) is 13.0 Å². The third-order valence-corrected chi connectivity index (χ3v) is 3.56. The first kappa shape index (κ1) is 14.9. The molecule has 6 nitrogen and oxygen atoms in total. The summed E-state index contributed by atoms with van der Waals surface area (Å²) >= 11 is 0. The molecular weight excluding hydrogens is 294 g/mol. The number of benzene rings is 1. The minimum atomic E-state index is -0.364. The number of para-hydroxylation sites is 1. The number of amides is 2. The summed E-state index contributed by atoms with van der Waals surface area (Å²) in [4.78, 5) is 23.4. The Balaban J connectivity index is 1.69. The van der Waals surface area contributed by atoms with E-state index in [1.54, 1.807) is 19.3 Å². The fourth-order valence-corrected chi connectivity index (χ4v) is 2.32. The van der Waals surface area contributed by atoms with E-state index in [2.05, 4.69) is 10.6 Å². The van der Waals surface area contributed by atoms with E-state index in [4.69, 9.17) is 4.42 Å². The van der Waals surface area contributed by atoms with Gasteiger partial charge in [-0.15, -0.1) is 0 Å². The Labute approximate surface area is 132 Å². The van der Waals surface area contributed by atoms with Gasteiger partial charge < -0.3 is 19.6 Å². The van der Waals surface area contributed by atoms with Gasteiger partial charge in [-0.2, -0.15) is 0 Å². The number of furan rings is 1. The highest BCUT2D eigenvalue weighted by Gasteiger charge is 2.14. The van der Waals surface area contributed by atoms with Crippen LogP contribution < -0.4 is 16.2 Å². The summed E-state index contributed by atoms with van der Waals surface area (Å²) in [5.74, 6) is 0.682. The largest absolute Gasteiger partial charge is 0.459 e. The number of carbonyl (C=O) groups is 1. The second kappa shape index (κ2) is 6.00. The molecule has 118 valence electrons. The number of fused-ring (bicyclic) bond motifs is 1. The number of rotatable bonds is 3. The Morgan fingerprint density at radius 1 is 1.22 bits per heavy atom. The molecule has 1 atom stereocenters. The van der Waals surface area contributed by atoms with E-state index in [1.807, 2.05) is 37.3 Å². The summed E-state index contributed by atoms with van der Waals surface area (Å²) in [7, 11) is 1.63. The Morgan fingerprint density at radius 3 is 2.74 bits per heavy atom. The van der Waals surface area contributed by atoms with Crippen LogP contribution in [0.25, 0.3) is 11.0 Å². The summed E-state index contributed by atoms with van der Waals surface area (Å²) in [6, 6.07) is 11.9. The van der Waals surface area contributed by atoms with Gasteiger partial charge >= 0.3 is 6.03 Å². The molecule has 6 heteroatoms. The Bertz CT molecular complexity index is 878. The number of urea groups is 1. The second-order valence-corrected chi connectivity index (χ2v) is 5.37. The molecule has 23 heavy (non-hydrogen) atoms. The minimum absolute atomic E-state index is 0.133. The van der Waals surface area contributed by atoms with Crippen LogP contribution in [0.5, 0.6) is 0 Å². The number of nitrogens with zero attached hydrogens (tertiary/aromatic N) is 1. The molecule has 0 radical (unpaired) electrons. The molecule has 0 bridgehead atoms. The van der Waals surface area contributed by atoms with E-state index < -0.39 is 0 Å². The van der Waals surface area contributed by atoms with Crippen LogP contribution in [-0.2, 0) is 7.05 Å². The fraction of sp³-hybridized carbons (Fsp3) is 0.176. The zero-order valence-electron chi connectivity index (χ0n) is 12.9. The quantitative estimate of drug-likeness (QED) is 0.780. The first-order chi connectivity index (χ1) is 11.0. The van der Waals surface area contributed by atoms with Crippen molar-refractivity contribution in [2.24, 2.45) is 7.05 Å². The van der Waals surface area contributed by atoms with E-state index in [0.29, 0.717) is 11.4 Å². The highest BCUT2D eigenvalue weighted by atomic mass is 16.3.